The molecule has 23 heavy (non-hydrogen) atoms. The molecule has 2 aromatic rings. The van der Waals surface area contributed by atoms with Crippen LogP contribution in [-0.4, -0.2) is 37.6 Å². The van der Waals surface area contributed by atoms with Gasteiger partial charge in [0, 0.05) is 12.5 Å². The van der Waals surface area contributed by atoms with Crippen LogP contribution in [0.25, 0.3) is 0 Å². The molecule has 1 heterocycles. The van der Waals surface area contributed by atoms with E-state index in [0.717, 1.165) is 24.3 Å². The third-order valence-corrected chi connectivity index (χ3v) is 3.85. The third-order valence-electron chi connectivity index (χ3n) is 3.85. The Hall–Kier alpha value is -2.07. The van der Waals surface area contributed by atoms with E-state index in [1.165, 1.54) is 0 Å². The van der Waals surface area contributed by atoms with Crippen LogP contribution < -0.4 is 0 Å². The summed E-state index contributed by atoms with van der Waals surface area (Å²) >= 11 is 0. The first-order chi connectivity index (χ1) is 11.0. The molecule has 0 saturated heterocycles. The second-order valence-corrected chi connectivity index (χ2v) is 6.14. The Kier molecular flexibility index (Phi) is 5.99. The molecule has 0 aliphatic rings. The van der Waals surface area contributed by atoms with Crippen molar-refractivity contribution >= 4 is 5.97 Å². The van der Waals surface area contributed by atoms with Gasteiger partial charge in [-0.3, -0.25) is 0 Å². The summed E-state index contributed by atoms with van der Waals surface area (Å²) in [4.78, 5) is 14.2. The molecule has 0 amide bonds. The number of rotatable bonds is 7. The van der Waals surface area contributed by atoms with Gasteiger partial charge in [0.2, 0.25) is 5.76 Å². The highest BCUT2D eigenvalue weighted by Gasteiger charge is 2.19. The van der Waals surface area contributed by atoms with Crippen LogP contribution in [0.2, 0.25) is 0 Å². The number of furan rings is 1. The van der Waals surface area contributed by atoms with Gasteiger partial charge in [0.1, 0.15) is 11.9 Å². The van der Waals surface area contributed by atoms with Crippen LogP contribution in [0.15, 0.2) is 46.9 Å². The topological polar surface area (TPSA) is 42.7 Å². The van der Waals surface area contributed by atoms with Crippen LogP contribution in [0.5, 0.6) is 0 Å². The van der Waals surface area contributed by atoms with E-state index in [1.54, 1.807) is 6.07 Å². The van der Waals surface area contributed by atoms with Crippen molar-refractivity contribution in [2.75, 3.05) is 20.6 Å². The molecule has 4 heteroatoms. The van der Waals surface area contributed by atoms with Crippen molar-refractivity contribution < 1.29 is 13.9 Å². The van der Waals surface area contributed by atoms with Gasteiger partial charge >= 0.3 is 5.97 Å². The number of hydrogen-bond donors (Lipinski definition) is 0. The molecule has 2 rings (SSSR count). The molecule has 1 aromatic carbocycles. The predicted octanol–water partition coefficient (Wildman–Crippen LogP) is 3.93. The Morgan fingerprint density at radius 1 is 1.13 bits per heavy atom. The van der Waals surface area contributed by atoms with Gasteiger partial charge in [-0.25, -0.2) is 4.79 Å². The maximum Gasteiger partial charge on any atom is 0.374 e. The highest BCUT2D eigenvalue weighted by Crippen LogP contribution is 2.26. The van der Waals surface area contributed by atoms with E-state index >= 15 is 0 Å². The lowest BCUT2D eigenvalue weighted by Crippen LogP contribution is -2.21. The average molecular weight is 315 g/mol. The van der Waals surface area contributed by atoms with Crippen molar-refractivity contribution in [2.24, 2.45) is 0 Å². The monoisotopic (exact) mass is 315 g/mol. The minimum atomic E-state index is -0.400. The maximum atomic E-state index is 12.1. The summed E-state index contributed by atoms with van der Waals surface area (Å²) in [5.41, 5.74) is 1.15. The minimum absolute atomic E-state index is 0.101. The summed E-state index contributed by atoms with van der Waals surface area (Å²) in [5.74, 6) is 0.732. The molecule has 0 bridgehead atoms. The summed E-state index contributed by atoms with van der Waals surface area (Å²) in [6.07, 6.45) is 0.664. The van der Waals surface area contributed by atoms with E-state index in [2.05, 4.69) is 24.0 Å². The van der Waals surface area contributed by atoms with Gasteiger partial charge < -0.3 is 14.1 Å². The molecule has 124 valence electrons. The summed E-state index contributed by atoms with van der Waals surface area (Å²) < 4.78 is 11.1. The van der Waals surface area contributed by atoms with Crippen molar-refractivity contribution in [3.8, 4) is 0 Å². The van der Waals surface area contributed by atoms with Crippen LogP contribution in [0.1, 0.15) is 48.1 Å². The Bertz CT molecular complexity index is 619. The van der Waals surface area contributed by atoms with Gasteiger partial charge in [-0.1, -0.05) is 37.3 Å². The third kappa shape index (κ3) is 4.96. The number of carbonyl (C=O) groups is 1. The molecule has 0 saturated carbocycles. The van der Waals surface area contributed by atoms with Crippen LogP contribution >= 0.6 is 0 Å². The lowest BCUT2D eigenvalue weighted by Gasteiger charge is -2.15. The van der Waals surface area contributed by atoms with Crippen LogP contribution in [0, 0.1) is 0 Å². The van der Waals surface area contributed by atoms with E-state index < -0.39 is 5.97 Å². The fraction of sp³-hybridized carbons (Fsp3) is 0.421. The summed E-state index contributed by atoms with van der Waals surface area (Å²) in [7, 11) is 4.00. The molecular weight excluding hydrogens is 290 g/mol. The van der Waals surface area contributed by atoms with Crippen molar-refractivity contribution in [2.45, 2.75) is 32.3 Å². The fourth-order valence-corrected chi connectivity index (χ4v) is 2.34. The molecular formula is C19H25NO3. The number of esters is 1. The SMILES string of the molecule is C[C@@H](c1ccccc1)c1ccc(C(=O)O[C@H](C)CCN(C)C)o1. The lowest BCUT2D eigenvalue weighted by atomic mass is 9.99. The molecule has 0 radical (unpaired) electrons. The molecule has 0 spiro atoms. The van der Waals surface area contributed by atoms with Gasteiger partial charge in [-0.15, -0.1) is 0 Å². The fourth-order valence-electron chi connectivity index (χ4n) is 2.34. The highest BCUT2D eigenvalue weighted by molar-refractivity contribution is 5.86. The van der Waals surface area contributed by atoms with E-state index in [4.69, 9.17) is 9.15 Å². The van der Waals surface area contributed by atoms with Gasteiger partial charge in [0.25, 0.3) is 0 Å². The van der Waals surface area contributed by atoms with E-state index in [-0.39, 0.29) is 17.8 Å². The highest BCUT2D eigenvalue weighted by atomic mass is 16.6. The first kappa shape index (κ1) is 17.3. The van der Waals surface area contributed by atoms with Gasteiger partial charge in [0.15, 0.2) is 0 Å². The Labute approximate surface area is 138 Å². The largest absolute Gasteiger partial charge is 0.457 e. The smallest absolute Gasteiger partial charge is 0.374 e. The van der Waals surface area contributed by atoms with Gasteiger partial charge in [0.05, 0.1) is 0 Å². The average Bonchev–Trinajstić information content (AvgIpc) is 3.03. The van der Waals surface area contributed by atoms with Crippen molar-refractivity contribution in [1.82, 2.24) is 4.90 Å². The number of nitrogens with zero attached hydrogens (tertiary/aromatic N) is 1. The Morgan fingerprint density at radius 2 is 1.83 bits per heavy atom. The summed E-state index contributed by atoms with van der Waals surface area (Å²) in [5, 5.41) is 0. The normalized spacial score (nSPS) is 13.8. The first-order valence-electron chi connectivity index (χ1n) is 7.97. The second-order valence-electron chi connectivity index (χ2n) is 6.14. The minimum Gasteiger partial charge on any atom is -0.457 e. The zero-order valence-corrected chi connectivity index (χ0v) is 14.3. The zero-order chi connectivity index (χ0) is 16.8. The van der Waals surface area contributed by atoms with E-state index in [0.29, 0.717) is 0 Å². The molecule has 0 fully saturated rings. The predicted molar refractivity (Wildman–Crippen MR) is 90.7 cm³/mol. The molecule has 4 nitrogen and oxygen atoms in total. The molecule has 0 N–H and O–H groups in total. The van der Waals surface area contributed by atoms with Crippen molar-refractivity contribution in [3.05, 3.63) is 59.5 Å². The van der Waals surface area contributed by atoms with Crippen molar-refractivity contribution in [1.29, 1.82) is 0 Å². The summed E-state index contributed by atoms with van der Waals surface area (Å²) in [6, 6.07) is 13.6. The van der Waals surface area contributed by atoms with Crippen LogP contribution in [0.3, 0.4) is 0 Å². The maximum absolute atomic E-state index is 12.1. The van der Waals surface area contributed by atoms with E-state index in [9.17, 15) is 4.79 Å². The molecule has 0 unspecified atom stereocenters. The number of carbonyl (C=O) groups excluding carboxylic acids is 1. The van der Waals surface area contributed by atoms with Crippen molar-refractivity contribution in [3.63, 3.8) is 0 Å². The summed E-state index contributed by atoms with van der Waals surface area (Å²) in [6.45, 7) is 4.84. The van der Waals surface area contributed by atoms with E-state index in [1.807, 2.05) is 45.3 Å². The molecule has 0 aliphatic carbocycles. The standard InChI is InChI=1S/C19H25NO3/c1-14(12-13-20(3)4)22-19(21)18-11-10-17(23-18)15(2)16-8-6-5-7-9-16/h5-11,14-15H,12-13H2,1-4H3/t14-,15+/m1/s1. The van der Waals surface area contributed by atoms with Gasteiger partial charge in [-0.05, 0) is 45.1 Å². The molecule has 2 atom stereocenters. The zero-order valence-electron chi connectivity index (χ0n) is 14.3. The second kappa shape index (κ2) is 7.97. The molecule has 1 aromatic heterocycles. The number of benzene rings is 1. The quantitative estimate of drug-likeness (QED) is 0.726. The van der Waals surface area contributed by atoms with Gasteiger partial charge in [-0.2, -0.15) is 0 Å². The number of ether oxygens (including phenoxy) is 1. The molecule has 0 aliphatic heterocycles. The lowest BCUT2D eigenvalue weighted by molar-refractivity contribution is 0.0273. The first-order valence-corrected chi connectivity index (χ1v) is 7.97. The Balaban J connectivity index is 1.97. The Morgan fingerprint density at radius 3 is 2.48 bits per heavy atom. The van der Waals surface area contributed by atoms with Crippen LogP contribution in [-0.2, 0) is 4.74 Å². The van der Waals surface area contributed by atoms with Crippen LogP contribution in [0.4, 0.5) is 0 Å². The number of hydrogen-bond acceptors (Lipinski definition) is 4.